The molecule has 5 nitrogen and oxygen atoms in total. The zero-order valence-electron chi connectivity index (χ0n) is 14.8. The predicted octanol–water partition coefficient (Wildman–Crippen LogP) is 5.04. The van der Waals surface area contributed by atoms with Crippen LogP contribution in [0.3, 0.4) is 0 Å². The summed E-state index contributed by atoms with van der Waals surface area (Å²) >= 11 is 0. The molecule has 0 bridgehead atoms. The molecule has 0 unspecified atom stereocenters. The number of aryl methyl sites for hydroxylation is 2. The van der Waals surface area contributed by atoms with E-state index in [0.717, 1.165) is 24.7 Å². The van der Waals surface area contributed by atoms with Gasteiger partial charge in [-0.1, -0.05) is 31.2 Å². The average molecular weight is 365 g/mol. The molecule has 2 rings (SSSR count). The molecule has 0 aromatic heterocycles. The van der Waals surface area contributed by atoms with Crippen LogP contribution in [0.2, 0.25) is 0 Å². The second-order valence-corrected chi connectivity index (χ2v) is 5.67. The van der Waals surface area contributed by atoms with Crippen LogP contribution in [0.25, 0.3) is 0 Å². The van der Waals surface area contributed by atoms with Crippen LogP contribution in [0, 0.1) is 6.92 Å². The molecule has 0 fully saturated rings. The number of benzene rings is 2. The van der Waals surface area contributed by atoms with Gasteiger partial charge in [0.1, 0.15) is 12.4 Å². The summed E-state index contributed by atoms with van der Waals surface area (Å²) in [5.74, 6) is 0.541. The SMILES string of the molecule is CCc1ccc(OCc2c(C(F)F)cccc2N(O)C(=O)OC)c(C)c1. The number of carbonyl (C=O) groups is 1. The average Bonchev–Trinajstić information content (AvgIpc) is 2.65. The van der Waals surface area contributed by atoms with Gasteiger partial charge in [-0.2, -0.15) is 5.06 Å². The number of hydroxylamine groups is 1. The molecule has 1 N–H and O–H groups in total. The van der Waals surface area contributed by atoms with Crippen molar-refractivity contribution in [1.82, 2.24) is 0 Å². The first-order valence-corrected chi connectivity index (χ1v) is 8.08. The van der Waals surface area contributed by atoms with Crippen molar-refractivity contribution in [3.63, 3.8) is 0 Å². The highest BCUT2D eigenvalue weighted by atomic mass is 19.3. The number of alkyl halides is 2. The van der Waals surface area contributed by atoms with E-state index in [2.05, 4.69) is 4.74 Å². The van der Waals surface area contributed by atoms with Crippen LogP contribution in [0.4, 0.5) is 19.3 Å². The second kappa shape index (κ2) is 8.62. The van der Waals surface area contributed by atoms with Crippen molar-refractivity contribution >= 4 is 11.8 Å². The number of anilines is 1. The topological polar surface area (TPSA) is 59.0 Å². The van der Waals surface area contributed by atoms with Crippen molar-refractivity contribution in [3.8, 4) is 5.75 Å². The van der Waals surface area contributed by atoms with Gasteiger partial charge in [-0.25, -0.2) is 13.6 Å². The van der Waals surface area contributed by atoms with Crippen molar-refractivity contribution < 1.29 is 28.3 Å². The summed E-state index contributed by atoms with van der Waals surface area (Å²) in [5, 5.41) is 10.1. The lowest BCUT2D eigenvalue weighted by molar-refractivity contribution is 0.138. The fourth-order valence-corrected chi connectivity index (χ4v) is 2.58. The van der Waals surface area contributed by atoms with E-state index in [1.165, 1.54) is 18.2 Å². The lowest BCUT2D eigenvalue weighted by atomic mass is 10.1. The number of halogens is 2. The van der Waals surface area contributed by atoms with Crippen molar-refractivity contribution in [3.05, 3.63) is 58.7 Å². The Hall–Kier alpha value is -2.67. The number of nitrogens with zero attached hydrogens (tertiary/aromatic N) is 1. The number of amides is 1. The molecule has 0 radical (unpaired) electrons. The molecule has 0 spiro atoms. The Kier molecular flexibility index (Phi) is 6.52. The normalized spacial score (nSPS) is 10.7. The first kappa shape index (κ1) is 19.7. The molecule has 0 heterocycles. The van der Waals surface area contributed by atoms with E-state index in [9.17, 15) is 18.8 Å². The number of rotatable bonds is 6. The summed E-state index contributed by atoms with van der Waals surface area (Å²) in [7, 11) is 1.08. The second-order valence-electron chi connectivity index (χ2n) is 5.67. The number of methoxy groups -OCH3 is 1. The summed E-state index contributed by atoms with van der Waals surface area (Å²) in [6.07, 6.45) is -3.00. The zero-order valence-corrected chi connectivity index (χ0v) is 14.8. The van der Waals surface area contributed by atoms with E-state index >= 15 is 0 Å². The molecule has 26 heavy (non-hydrogen) atoms. The maximum Gasteiger partial charge on any atom is 0.438 e. The molecule has 2 aromatic rings. The number of hydrogen-bond donors (Lipinski definition) is 1. The third-order valence-corrected chi connectivity index (χ3v) is 4.02. The van der Waals surface area contributed by atoms with E-state index in [0.29, 0.717) is 5.75 Å². The molecule has 0 aliphatic carbocycles. The molecule has 1 amide bonds. The minimum Gasteiger partial charge on any atom is -0.489 e. The van der Waals surface area contributed by atoms with Crippen LogP contribution < -0.4 is 9.80 Å². The largest absolute Gasteiger partial charge is 0.489 e. The lowest BCUT2D eigenvalue weighted by Gasteiger charge is -2.20. The molecular weight excluding hydrogens is 344 g/mol. The molecular formula is C19H21F2NO4. The Morgan fingerprint density at radius 2 is 2.00 bits per heavy atom. The zero-order chi connectivity index (χ0) is 19.3. The van der Waals surface area contributed by atoms with E-state index in [-0.39, 0.29) is 28.5 Å². The summed E-state index contributed by atoms with van der Waals surface area (Å²) in [6.45, 7) is 3.65. The van der Waals surface area contributed by atoms with Crippen LogP contribution in [-0.2, 0) is 17.8 Å². The smallest absolute Gasteiger partial charge is 0.438 e. The Bertz CT molecular complexity index is 780. The van der Waals surface area contributed by atoms with Crippen LogP contribution >= 0.6 is 0 Å². The molecule has 2 aromatic carbocycles. The van der Waals surface area contributed by atoms with Crippen LogP contribution in [0.5, 0.6) is 5.75 Å². The molecule has 0 aliphatic heterocycles. The standard InChI is InChI=1S/C19H21F2NO4/c1-4-13-8-9-17(12(2)10-13)26-11-15-14(18(20)21)6-5-7-16(15)22(24)19(23)25-3/h5-10,18,24H,4,11H2,1-3H3. The number of hydrogen-bond acceptors (Lipinski definition) is 4. The van der Waals surface area contributed by atoms with Crippen molar-refractivity contribution in [1.29, 1.82) is 0 Å². The third kappa shape index (κ3) is 4.29. The fourth-order valence-electron chi connectivity index (χ4n) is 2.58. The first-order valence-electron chi connectivity index (χ1n) is 8.08. The molecule has 0 saturated carbocycles. The monoisotopic (exact) mass is 365 g/mol. The highest BCUT2D eigenvalue weighted by Gasteiger charge is 2.23. The van der Waals surface area contributed by atoms with Gasteiger partial charge in [-0.05, 0) is 36.6 Å². The highest BCUT2D eigenvalue weighted by molar-refractivity contribution is 5.86. The molecule has 0 saturated heterocycles. The quantitative estimate of drug-likeness (QED) is 0.576. The summed E-state index contributed by atoms with van der Waals surface area (Å²) in [4.78, 5) is 11.6. The van der Waals surface area contributed by atoms with Crippen LogP contribution in [-0.4, -0.2) is 18.4 Å². The number of carbonyl (C=O) groups excluding carboxylic acids is 1. The van der Waals surface area contributed by atoms with Gasteiger partial charge >= 0.3 is 6.09 Å². The summed E-state index contributed by atoms with van der Waals surface area (Å²) in [5.41, 5.74) is 1.57. The van der Waals surface area contributed by atoms with Crippen molar-refractivity contribution in [2.75, 3.05) is 12.2 Å². The van der Waals surface area contributed by atoms with Crippen LogP contribution in [0.15, 0.2) is 36.4 Å². The van der Waals surface area contributed by atoms with Gasteiger partial charge in [0.05, 0.1) is 12.8 Å². The highest BCUT2D eigenvalue weighted by Crippen LogP contribution is 2.32. The van der Waals surface area contributed by atoms with Gasteiger partial charge in [-0.15, -0.1) is 0 Å². The van der Waals surface area contributed by atoms with Crippen molar-refractivity contribution in [2.45, 2.75) is 33.3 Å². The van der Waals surface area contributed by atoms with E-state index in [4.69, 9.17) is 4.74 Å². The fraction of sp³-hybridized carbons (Fsp3) is 0.316. The van der Waals surface area contributed by atoms with Crippen LogP contribution in [0.1, 0.15) is 35.6 Å². The van der Waals surface area contributed by atoms with Gasteiger partial charge in [0, 0.05) is 11.1 Å². The van der Waals surface area contributed by atoms with Gasteiger partial charge in [-0.3, -0.25) is 5.21 Å². The Morgan fingerprint density at radius 3 is 2.58 bits per heavy atom. The van der Waals surface area contributed by atoms with E-state index < -0.39 is 12.5 Å². The molecule has 7 heteroatoms. The maximum atomic E-state index is 13.4. The van der Waals surface area contributed by atoms with Crippen molar-refractivity contribution in [2.24, 2.45) is 0 Å². The lowest BCUT2D eigenvalue weighted by Crippen LogP contribution is -2.28. The first-order chi connectivity index (χ1) is 12.4. The van der Waals surface area contributed by atoms with Gasteiger partial charge in [0.15, 0.2) is 0 Å². The molecule has 0 aliphatic rings. The van der Waals surface area contributed by atoms with E-state index in [1.54, 1.807) is 6.07 Å². The molecule has 140 valence electrons. The van der Waals surface area contributed by atoms with E-state index in [1.807, 2.05) is 26.0 Å². The molecule has 0 atom stereocenters. The Balaban J connectivity index is 2.36. The minimum atomic E-state index is -2.79. The third-order valence-electron chi connectivity index (χ3n) is 4.02. The van der Waals surface area contributed by atoms with Gasteiger partial charge < -0.3 is 9.47 Å². The number of ether oxygens (including phenoxy) is 2. The summed E-state index contributed by atoms with van der Waals surface area (Å²) < 4.78 is 36.9. The Morgan fingerprint density at radius 1 is 1.27 bits per heavy atom. The predicted molar refractivity (Wildman–Crippen MR) is 93.0 cm³/mol. The minimum absolute atomic E-state index is 0.00867. The van der Waals surface area contributed by atoms with Gasteiger partial charge in [0.25, 0.3) is 6.43 Å². The summed E-state index contributed by atoms with van der Waals surface area (Å²) in [6, 6.07) is 9.53. The Labute approximate surface area is 150 Å². The van der Waals surface area contributed by atoms with Gasteiger partial charge in [0.2, 0.25) is 0 Å². The maximum absolute atomic E-state index is 13.4.